The zero-order chi connectivity index (χ0) is 15.4. The smallest absolute Gasteiger partial charge is 0.311 e. The number of nitrogens with zero attached hydrogens (tertiary/aromatic N) is 3. The van der Waals surface area contributed by atoms with Gasteiger partial charge < -0.3 is 14.3 Å². The molecule has 0 atom stereocenters. The summed E-state index contributed by atoms with van der Waals surface area (Å²) in [5.41, 5.74) is 0.136. The highest BCUT2D eigenvalue weighted by Crippen LogP contribution is 2.31. The number of nitro benzene ring substituents is 1. The fraction of sp³-hybridized carbons (Fsp3) is 0.250. The molecule has 0 fully saturated rings. The van der Waals surface area contributed by atoms with Crippen LogP contribution in [0.25, 0.3) is 11.5 Å². The van der Waals surface area contributed by atoms with E-state index in [1.165, 1.54) is 19.2 Å². The molecule has 2 rings (SSSR count). The van der Waals surface area contributed by atoms with Crippen molar-refractivity contribution in [3.8, 4) is 17.2 Å². The zero-order valence-electron chi connectivity index (χ0n) is 11.0. The van der Waals surface area contributed by atoms with Crippen molar-refractivity contribution in [1.29, 1.82) is 0 Å². The van der Waals surface area contributed by atoms with Gasteiger partial charge in [0, 0.05) is 18.1 Å². The van der Waals surface area contributed by atoms with E-state index in [9.17, 15) is 14.9 Å². The number of carboxylic acid groups (broad SMARTS) is 1. The lowest BCUT2D eigenvalue weighted by atomic mass is 10.2. The van der Waals surface area contributed by atoms with E-state index in [-0.39, 0.29) is 36.1 Å². The van der Waals surface area contributed by atoms with Crippen LogP contribution in [0.4, 0.5) is 5.69 Å². The van der Waals surface area contributed by atoms with Crippen molar-refractivity contribution < 1.29 is 24.0 Å². The second-order valence-corrected chi connectivity index (χ2v) is 4.04. The minimum Gasteiger partial charge on any atom is -0.490 e. The molecule has 0 aliphatic heterocycles. The Hall–Kier alpha value is -2.97. The Balaban J connectivity index is 2.28. The summed E-state index contributed by atoms with van der Waals surface area (Å²) in [5, 5.41) is 27.0. The Bertz CT molecular complexity index is 681. The number of benzene rings is 1. The van der Waals surface area contributed by atoms with Crippen molar-refractivity contribution in [2.75, 3.05) is 7.11 Å². The third-order valence-corrected chi connectivity index (χ3v) is 2.64. The van der Waals surface area contributed by atoms with E-state index in [2.05, 4.69) is 10.2 Å². The molecule has 1 N–H and O–H groups in total. The van der Waals surface area contributed by atoms with Crippen molar-refractivity contribution in [3.63, 3.8) is 0 Å². The Morgan fingerprint density at radius 2 is 2.24 bits per heavy atom. The predicted molar refractivity (Wildman–Crippen MR) is 68.9 cm³/mol. The van der Waals surface area contributed by atoms with E-state index in [4.69, 9.17) is 14.3 Å². The number of carbonyl (C=O) groups is 1. The Morgan fingerprint density at radius 1 is 1.48 bits per heavy atom. The molecule has 2 aromatic rings. The number of carboxylic acids is 1. The van der Waals surface area contributed by atoms with Gasteiger partial charge >= 0.3 is 11.7 Å². The minimum atomic E-state index is -0.977. The molecule has 0 unspecified atom stereocenters. The largest absolute Gasteiger partial charge is 0.490 e. The average Bonchev–Trinajstić information content (AvgIpc) is 2.93. The molecule has 110 valence electrons. The zero-order valence-corrected chi connectivity index (χ0v) is 11.0. The van der Waals surface area contributed by atoms with Crippen LogP contribution in [0.1, 0.15) is 12.3 Å². The number of hydrogen-bond donors (Lipinski definition) is 1. The van der Waals surface area contributed by atoms with Gasteiger partial charge in [-0.2, -0.15) is 0 Å². The van der Waals surface area contributed by atoms with Gasteiger partial charge in [-0.3, -0.25) is 14.9 Å². The standard InChI is InChI=1S/C12H11N3O6/c1-20-9-3-2-7(6-8(9)15(18)19)12-14-13-10(21-12)4-5-11(16)17/h2-3,6H,4-5H2,1H3,(H,16,17). The monoisotopic (exact) mass is 293 g/mol. The molecule has 0 aliphatic rings. The van der Waals surface area contributed by atoms with E-state index < -0.39 is 10.9 Å². The molecule has 0 spiro atoms. The SMILES string of the molecule is COc1ccc(-c2nnc(CCC(=O)O)o2)cc1[N+](=O)[O-]. The van der Waals surface area contributed by atoms with Crippen molar-refractivity contribution in [1.82, 2.24) is 10.2 Å². The molecule has 0 bridgehead atoms. The molecular formula is C12H11N3O6. The van der Waals surface area contributed by atoms with E-state index in [0.29, 0.717) is 5.56 Å². The fourth-order valence-electron chi connectivity index (χ4n) is 1.65. The summed E-state index contributed by atoms with van der Waals surface area (Å²) in [6, 6.07) is 4.22. The predicted octanol–water partition coefficient (Wildman–Crippen LogP) is 1.67. The maximum atomic E-state index is 10.9. The summed E-state index contributed by atoms with van der Waals surface area (Å²) < 4.78 is 10.2. The Labute approximate surface area is 118 Å². The van der Waals surface area contributed by atoms with Crippen LogP contribution in [0, 0.1) is 10.1 Å². The topological polar surface area (TPSA) is 129 Å². The molecule has 0 amide bonds. The molecule has 0 aliphatic carbocycles. The van der Waals surface area contributed by atoms with Gasteiger partial charge in [-0.15, -0.1) is 10.2 Å². The Morgan fingerprint density at radius 3 is 2.86 bits per heavy atom. The number of methoxy groups -OCH3 is 1. The quantitative estimate of drug-likeness (QED) is 0.629. The maximum absolute atomic E-state index is 10.9. The summed E-state index contributed by atoms with van der Waals surface area (Å²) >= 11 is 0. The second-order valence-electron chi connectivity index (χ2n) is 4.04. The number of ether oxygens (including phenoxy) is 1. The van der Waals surface area contributed by atoms with Crippen LogP contribution in [-0.4, -0.2) is 33.3 Å². The van der Waals surface area contributed by atoms with Crippen LogP contribution in [0.3, 0.4) is 0 Å². The third-order valence-electron chi connectivity index (χ3n) is 2.64. The van der Waals surface area contributed by atoms with Gasteiger partial charge in [0.1, 0.15) is 0 Å². The number of nitro groups is 1. The first-order chi connectivity index (χ1) is 10.0. The molecule has 0 saturated carbocycles. The van der Waals surface area contributed by atoms with Gasteiger partial charge in [0.05, 0.1) is 18.5 Å². The highest BCUT2D eigenvalue weighted by atomic mass is 16.6. The normalized spacial score (nSPS) is 10.3. The number of aryl methyl sites for hydroxylation is 1. The molecular weight excluding hydrogens is 282 g/mol. The summed E-state index contributed by atoms with van der Waals surface area (Å²) in [6.07, 6.45) is -0.0367. The Kier molecular flexibility index (Phi) is 4.12. The molecule has 1 aromatic heterocycles. The summed E-state index contributed by atoms with van der Waals surface area (Å²) in [5.74, 6) is -0.615. The summed E-state index contributed by atoms with van der Waals surface area (Å²) in [4.78, 5) is 20.8. The van der Waals surface area contributed by atoms with Crippen molar-refractivity contribution in [2.45, 2.75) is 12.8 Å². The first kappa shape index (κ1) is 14.4. The lowest BCUT2D eigenvalue weighted by Crippen LogP contribution is -1.97. The lowest BCUT2D eigenvalue weighted by Gasteiger charge is -2.02. The highest BCUT2D eigenvalue weighted by Gasteiger charge is 2.18. The number of hydrogen-bond acceptors (Lipinski definition) is 7. The van der Waals surface area contributed by atoms with Crippen molar-refractivity contribution >= 4 is 11.7 Å². The molecule has 1 aromatic carbocycles. The van der Waals surface area contributed by atoms with E-state index in [1.807, 2.05) is 0 Å². The van der Waals surface area contributed by atoms with Crippen LogP contribution < -0.4 is 4.74 Å². The van der Waals surface area contributed by atoms with Crippen molar-refractivity contribution in [3.05, 3.63) is 34.2 Å². The van der Waals surface area contributed by atoms with E-state index >= 15 is 0 Å². The van der Waals surface area contributed by atoms with Gasteiger partial charge in [0.2, 0.25) is 11.8 Å². The van der Waals surface area contributed by atoms with Gasteiger partial charge in [0.25, 0.3) is 0 Å². The maximum Gasteiger partial charge on any atom is 0.311 e. The van der Waals surface area contributed by atoms with Gasteiger partial charge in [0.15, 0.2) is 5.75 Å². The fourth-order valence-corrected chi connectivity index (χ4v) is 1.65. The second kappa shape index (κ2) is 5.99. The molecule has 0 radical (unpaired) electrons. The molecule has 1 heterocycles. The summed E-state index contributed by atoms with van der Waals surface area (Å²) in [6.45, 7) is 0. The number of rotatable bonds is 6. The molecule has 9 nitrogen and oxygen atoms in total. The minimum absolute atomic E-state index is 0.0844. The molecule has 0 saturated heterocycles. The van der Waals surface area contributed by atoms with Crippen LogP contribution in [0.15, 0.2) is 22.6 Å². The van der Waals surface area contributed by atoms with E-state index in [0.717, 1.165) is 0 Å². The van der Waals surface area contributed by atoms with Gasteiger partial charge in [-0.1, -0.05) is 0 Å². The molecule has 9 heteroatoms. The lowest BCUT2D eigenvalue weighted by molar-refractivity contribution is -0.385. The van der Waals surface area contributed by atoms with Crippen LogP contribution in [0.2, 0.25) is 0 Å². The third kappa shape index (κ3) is 3.32. The van der Waals surface area contributed by atoms with Crippen LogP contribution in [-0.2, 0) is 11.2 Å². The highest BCUT2D eigenvalue weighted by molar-refractivity contribution is 5.67. The average molecular weight is 293 g/mol. The van der Waals surface area contributed by atoms with Gasteiger partial charge in [-0.05, 0) is 12.1 Å². The van der Waals surface area contributed by atoms with Crippen LogP contribution >= 0.6 is 0 Å². The number of aliphatic carboxylic acids is 1. The van der Waals surface area contributed by atoms with E-state index in [1.54, 1.807) is 6.07 Å². The summed E-state index contributed by atoms with van der Waals surface area (Å²) in [7, 11) is 1.33. The first-order valence-corrected chi connectivity index (χ1v) is 5.88. The van der Waals surface area contributed by atoms with Gasteiger partial charge in [-0.25, -0.2) is 0 Å². The molecule has 21 heavy (non-hydrogen) atoms. The first-order valence-electron chi connectivity index (χ1n) is 5.88. The van der Waals surface area contributed by atoms with Crippen LogP contribution in [0.5, 0.6) is 5.75 Å². The van der Waals surface area contributed by atoms with Crippen molar-refractivity contribution in [2.24, 2.45) is 0 Å². The number of aromatic nitrogens is 2.